The first-order valence-corrected chi connectivity index (χ1v) is 46.0. The van der Waals surface area contributed by atoms with E-state index < -0.39 is 121 Å². The number of carbonyl (C=O) groups excluding carboxylic acids is 10. The Morgan fingerprint density at radius 3 is 0.970 bits per heavy atom. The van der Waals surface area contributed by atoms with Gasteiger partial charge in [0.15, 0.2) is 23.1 Å². The van der Waals surface area contributed by atoms with Gasteiger partial charge in [0.05, 0.1) is 63.5 Å². The van der Waals surface area contributed by atoms with Crippen molar-refractivity contribution < 1.29 is 289 Å². The molecular weight excluding hydrogens is 1850 g/mol. The standard InChI is InChI=1S/C24H46O4.C17H34O4.C11H14O3.C10H14O6.C8H16O4.C8H18O2.C6H12O3.C4H10O2.C2H4O3.2K.HO7S2.H2O/c1-3-5-7-9-11-13-15-17-19-21-23(25)27-28-24(26)22-20-18-16-14-12-10-8-6-4-2;1-13-10-16(8,9)12-17(11-13,20-18-14(2,3)4)21-19-15(5,6)7;1-11(2,3)14-13-10(12)9-7-5-4-6-8-9;1-5(11)9(6(2)12)15-16-10(7(3)13)8(4)14;1-6(2)10-7(9)11-12-8(3,4)5;1-7(2,3)9-10-8(4,5)6;1-5(7)8-9-6(2,3)4;1-4(2,3)6-5;1-2(3)5-4;;;1-8(2)6-7-9(3,4)5;/h3-22H2,1-2H3;13H,10-12H2,1-9H3;4-8H,1-3H3;9-10H,1-4H3;6H,1-5H3;1-6H3;1-4H3;5H,1-3H3;4H,1H3;;;(H,3,4,5);1H2/q;;;;;;;;;2*+1;-1;/p-2. The number of hydrogen-bond acceptors (Lipinski definition) is 40. The molecule has 1 saturated carbocycles. The number of benzene rings is 1. The van der Waals surface area contributed by atoms with Crippen molar-refractivity contribution in [3.05, 3.63) is 35.9 Å². The van der Waals surface area contributed by atoms with E-state index in [9.17, 15) is 69.3 Å². The zero-order valence-electron chi connectivity index (χ0n) is 87.8. The molecule has 0 aliphatic heterocycles. The van der Waals surface area contributed by atoms with Gasteiger partial charge in [-0.1, -0.05) is 156 Å². The minimum Gasteiger partial charge on any atom is -0.870 e. The van der Waals surface area contributed by atoms with E-state index in [1.807, 2.05) is 110 Å². The van der Waals surface area contributed by atoms with Gasteiger partial charge in [-0.15, -0.1) is 4.33 Å². The van der Waals surface area contributed by atoms with Crippen molar-refractivity contribution in [2.45, 2.75) is 473 Å². The molecule has 0 saturated heterocycles. The van der Waals surface area contributed by atoms with Crippen LogP contribution in [0.15, 0.2) is 30.3 Å². The van der Waals surface area contributed by atoms with Gasteiger partial charge < -0.3 is 28.1 Å². The summed E-state index contributed by atoms with van der Waals surface area (Å²) in [5.74, 6) is -5.03. The maximum absolute atomic E-state index is 11.6. The van der Waals surface area contributed by atoms with Crippen LogP contribution in [0.25, 0.3) is 0 Å². The quantitative estimate of drug-likeness (QED) is 0.00589. The number of Topliss-reactive ketones (excluding diaryl/α,β-unsaturated/α-hetero) is 4. The maximum atomic E-state index is 11.6. The second-order valence-electron chi connectivity index (χ2n) is 39.1. The third-order valence-corrected chi connectivity index (χ3v) is 14.2. The molecule has 43 heteroatoms. The summed E-state index contributed by atoms with van der Waals surface area (Å²) >= 11 is 0. The van der Waals surface area contributed by atoms with E-state index in [1.54, 1.807) is 100 Å². The first kappa shape index (κ1) is 153. The number of carbonyl (C=O) groups is 10. The van der Waals surface area contributed by atoms with Gasteiger partial charge in [-0.05, 0) is 250 Å². The summed E-state index contributed by atoms with van der Waals surface area (Å²) in [5.41, 5.74) is -2.39. The van der Waals surface area contributed by atoms with Crippen LogP contribution < -0.4 is 103 Å². The van der Waals surface area contributed by atoms with E-state index in [0.717, 1.165) is 92.4 Å². The van der Waals surface area contributed by atoms with Crippen LogP contribution in [0.5, 0.6) is 0 Å². The van der Waals surface area contributed by atoms with Crippen molar-refractivity contribution in [1.82, 2.24) is 0 Å². The topological polar surface area (TPSA) is 526 Å². The minimum absolute atomic E-state index is 0. The van der Waals surface area contributed by atoms with Crippen LogP contribution in [0.2, 0.25) is 0 Å². The molecule has 3 N–H and O–H groups in total. The molecule has 0 heterocycles. The van der Waals surface area contributed by atoms with Crippen molar-refractivity contribution in [3.63, 3.8) is 0 Å². The molecule has 0 radical (unpaired) electrons. The molecule has 133 heavy (non-hydrogen) atoms. The fraction of sp³-hybridized carbons (Fsp3) is 0.822. The Labute approximate surface area is 881 Å². The van der Waals surface area contributed by atoms with Gasteiger partial charge in [-0.25, -0.2) is 81.2 Å². The molecule has 0 aromatic heterocycles. The van der Waals surface area contributed by atoms with Gasteiger partial charge in [-0.3, -0.25) is 43.4 Å². The average molecular weight is 2020 g/mol. The molecule has 39 nitrogen and oxygen atoms in total. The van der Waals surface area contributed by atoms with Crippen molar-refractivity contribution in [2.24, 2.45) is 11.3 Å². The first-order chi connectivity index (χ1) is 58.9. The second-order valence-corrected chi connectivity index (χ2v) is 40.6. The molecule has 1 unspecified atom stereocenters. The molecule has 0 amide bonds. The Hall–Kier alpha value is -3.03. The Morgan fingerprint density at radius 2 is 0.737 bits per heavy atom. The molecule has 1 aromatic rings. The van der Waals surface area contributed by atoms with Crippen molar-refractivity contribution in [3.8, 4) is 0 Å². The molecule has 1 atom stereocenters. The predicted octanol–water partition coefficient (Wildman–Crippen LogP) is 15.3. The monoisotopic (exact) mass is 2020 g/mol. The fourth-order valence-electron chi connectivity index (χ4n) is 8.90. The summed E-state index contributed by atoms with van der Waals surface area (Å²) in [7, 11) is -8.25. The zero-order valence-corrected chi connectivity index (χ0v) is 95.7. The molecule has 0 spiro atoms. The van der Waals surface area contributed by atoms with Crippen LogP contribution in [-0.4, -0.2) is 157 Å². The van der Waals surface area contributed by atoms with Crippen LogP contribution in [0.4, 0.5) is 4.79 Å². The predicted molar refractivity (Wildman–Crippen MR) is 483 cm³/mol. The van der Waals surface area contributed by atoms with Gasteiger partial charge >= 0.3 is 139 Å². The number of ketones is 4. The summed E-state index contributed by atoms with van der Waals surface area (Å²) in [6.07, 6.45) is 21.2. The normalized spacial score (nSPS) is 13.2. The Balaban J connectivity index is -0.000000143. The van der Waals surface area contributed by atoms with E-state index in [1.165, 1.54) is 84.0 Å². The van der Waals surface area contributed by atoms with Gasteiger partial charge in [0.1, 0.15) is 16.8 Å². The zero-order chi connectivity index (χ0) is 103. The van der Waals surface area contributed by atoms with E-state index in [2.05, 4.69) is 96.9 Å². The average Bonchev–Trinajstić information content (AvgIpc) is 0.787. The number of hydrogen-bond donors (Lipinski definition) is 2. The molecule has 2 rings (SSSR count). The van der Waals surface area contributed by atoms with Crippen LogP contribution in [0.1, 0.15) is 414 Å². The Bertz CT molecular complexity index is 3240. The van der Waals surface area contributed by atoms with E-state index in [0.29, 0.717) is 24.3 Å². The van der Waals surface area contributed by atoms with Crippen molar-refractivity contribution in [2.75, 3.05) is 0 Å². The van der Waals surface area contributed by atoms with Crippen LogP contribution >= 0.6 is 0 Å². The molecule has 1 aromatic carbocycles. The summed E-state index contributed by atoms with van der Waals surface area (Å²) in [5, 5.41) is 15.2. The van der Waals surface area contributed by atoms with Gasteiger partial charge in [-0.2, -0.15) is 29.7 Å². The van der Waals surface area contributed by atoms with Crippen LogP contribution in [0, 0.1) is 11.3 Å². The number of rotatable bonds is 40. The van der Waals surface area contributed by atoms with Crippen LogP contribution in [-0.2, 0) is 170 Å². The largest absolute Gasteiger partial charge is 1.00 e. The SMILES string of the molecule is CC(=O)C(OOC(C(C)=O)C(C)=O)C(C)=O.CC(=O)OO.CC(=O)OOC(C)(C)C.CC(C)(C)OO.CC(C)(C)OOC(=O)c1ccccc1.CC(C)(C)OOC(C)(C)C.CC(C)OC(=O)OOC(C)(C)C.CC1CC(C)(C)CC(OOC(C)(C)C)(OOC(C)(C)C)C1.CCCCCCCCCCCC(=O)OOC(=O)CCCCCCCCCCC.O=[S-](=O)OOS(=O)(=O)[O-].[K+].[K+].[OH-]. The minimum atomic E-state index is -5.08. The van der Waals surface area contributed by atoms with Gasteiger partial charge in [0, 0.05) is 26.7 Å². The smallest absolute Gasteiger partial charge is 0.870 e. The summed E-state index contributed by atoms with van der Waals surface area (Å²) in [6.45, 7) is 66.6. The van der Waals surface area contributed by atoms with E-state index in [-0.39, 0.29) is 142 Å². The Morgan fingerprint density at radius 1 is 0.444 bits per heavy atom. The molecule has 1 aliphatic rings. The first-order valence-electron chi connectivity index (χ1n) is 43.6. The number of unbranched alkanes of at least 4 members (excludes halogenated alkanes) is 16. The summed E-state index contributed by atoms with van der Waals surface area (Å²) < 4.78 is 57.0. The molecular formula is C90H169K2O39S2-. The molecule has 1 aliphatic carbocycles. The third kappa shape index (κ3) is 129. The third-order valence-electron chi connectivity index (χ3n) is 13.7. The van der Waals surface area contributed by atoms with Crippen molar-refractivity contribution in [1.29, 1.82) is 0 Å². The molecule has 0 bridgehead atoms. The number of ether oxygens (including phenoxy) is 1. The van der Waals surface area contributed by atoms with Gasteiger partial charge in [0.2, 0.25) is 28.4 Å². The van der Waals surface area contributed by atoms with Gasteiger partial charge in [0.25, 0.3) is 0 Å². The van der Waals surface area contributed by atoms with E-state index in [4.69, 9.17) is 49.6 Å². The van der Waals surface area contributed by atoms with E-state index >= 15 is 0 Å². The molecule has 778 valence electrons. The molecule has 1 fully saturated rings. The second kappa shape index (κ2) is 82.5. The summed E-state index contributed by atoms with van der Waals surface area (Å²) in [6, 6.07) is 8.73. The summed E-state index contributed by atoms with van der Waals surface area (Å²) in [4.78, 5) is 194. The fourth-order valence-corrected chi connectivity index (χ4v) is 9.35. The van der Waals surface area contributed by atoms with Crippen LogP contribution in [0.3, 0.4) is 0 Å². The Kier molecular flexibility index (Phi) is 94.8. The maximum Gasteiger partial charge on any atom is 1.00 e. The van der Waals surface area contributed by atoms with Crippen molar-refractivity contribution >= 4 is 80.5 Å².